The van der Waals surface area contributed by atoms with Crippen LogP contribution in [-0.2, 0) is 16.1 Å². The largest absolute Gasteiger partial charge is 0.507 e. The fourth-order valence-corrected chi connectivity index (χ4v) is 4.56. The fourth-order valence-electron chi connectivity index (χ4n) is 4.56. The van der Waals surface area contributed by atoms with Crippen LogP contribution in [-0.4, -0.2) is 57.6 Å². The number of aromatic nitrogens is 2. The molecule has 1 N–H and O–H groups in total. The SMILES string of the molecule is CCOc1ccc(C2/C(=C(\O)c3ccc4c(c3)OCCO4)C(=O)C(=O)N2CCCn2ccnc2)cc1. The van der Waals surface area contributed by atoms with Gasteiger partial charge in [0.25, 0.3) is 11.7 Å². The number of nitrogens with zero attached hydrogens (tertiary/aromatic N) is 3. The highest BCUT2D eigenvalue weighted by molar-refractivity contribution is 6.46. The Labute approximate surface area is 208 Å². The molecule has 1 amide bonds. The van der Waals surface area contributed by atoms with Gasteiger partial charge in [-0.2, -0.15) is 0 Å². The van der Waals surface area contributed by atoms with Crippen molar-refractivity contribution in [3.05, 3.63) is 77.9 Å². The molecule has 9 nitrogen and oxygen atoms in total. The summed E-state index contributed by atoms with van der Waals surface area (Å²) in [6, 6.07) is 11.5. The summed E-state index contributed by atoms with van der Waals surface area (Å²) in [4.78, 5) is 32.0. The van der Waals surface area contributed by atoms with E-state index in [0.29, 0.717) is 67.7 Å². The Balaban J connectivity index is 1.52. The van der Waals surface area contributed by atoms with Gasteiger partial charge in [0.15, 0.2) is 11.5 Å². The van der Waals surface area contributed by atoms with Crippen LogP contribution >= 0.6 is 0 Å². The number of imidazole rings is 1. The maximum absolute atomic E-state index is 13.3. The highest BCUT2D eigenvalue weighted by atomic mass is 16.6. The lowest BCUT2D eigenvalue weighted by Gasteiger charge is -2.26. The zero-order chi connectivity index (χ0) is 25.1. The number of rotatable bonds is 8. The average Bonchev–Trinajstić information content (AvgIpc) is 3.51. The van der Waals surface area contributed by atoms with E-state index in [1.807, 2.05) is 29.8 Å². The van der Waals surface area contributed by atoms with Crippen LogP contribution in [0.25, 0.3) is 5.76 Å². The monoisotopic (exact) mass is 489 g/mol. The molecule has 186 valence electrons. The number of ketones is 1. The van der Waals surface area contributed by atoms with Crippen LogP contribution in [0.3, 0.4) is 0 Å². The molecule has 3 aromatic rings. The lowest BCUT2D eigenvalue weighted by atomic mass is 9.95. The first-order valence-electron chi connectivity index (χ1n) is 11.9. The maximum atomic E-state index is 13.3. The molecule has 2 aliphatic rings. The third kappa shape index (κ3) is 4.51. The van der Waals surface area contributed by atoms with Gasteiger partial charge < -0.3 is 28.8 Å². The number of carbonyl (C=O) groups excluding carboxylic acids is 2. The molecule has 0 radical (unpaired) electrons. The molecule has 0 aliphatic carbocycles. The molecule has 9 heteroatoms. The topological polar surface area (TPSA) is 103 Å². The number of ether oxygens (including phenoxy) is 3. The predicted octanol–water partition coefficient (Wildman–Crippen LogP) is 3.57. The summed E-state index contributed by atoms with van der Waals surface area (Å²) < 4.78 is 18.7. The number of hydrogen-bond acceptors (Lipinski definition) is 7. The number of likely N-dealkylation sites (tertiary alicyclic amines) is 1. The number of Topliss-reactive ketones (excluding diaryl/α,β-unsaturated/α-hetero) is 1. The minimum atomic E-state index is -0.739. The van der Waals surface area contributed by atoms with Crippen molar-refractivity contribution in [3.63, 3.8) is 0 Å². The molecule has 0 bridgehead atoms. The average molecular weight is 490 g/mol. The number of aliphatic hydroxyl groups excluding tert-OH is 1. The Morgan fingerprint density at radius 1 is 1.08 bits per heavy atom. The van der Waals surface area contributed by atoms with E-state index in [-0.39, 0.29) is 11.3 Å². The Morgan fingerprint density at radius 2 is 1.86 bits per heavy atom. The van der Waals surface area contributed by atoms with E-state index in [1.54, 1.807) is 42.9 Å². The smallest absolute Gasteiger partial charge is 0.295 e. The van der Waals surface area contributed by atoms with Gasteiger partial charge in [0.2, 0.25) is 0 Å². The molecule has 3 heterocycles. The lowest BCUT2D eigenvalue weighted by molar-refractivity contribution is -0.139. The Kier molecular flexibility index (Phi) is 6.62. The van der Waals surface area contributed by atoms with Gasteiger partial charge in [-0.3, -0.25) is 9.59 Å². The summed E-state index contributed by atoms with van der Waals surface area (Å²) >= 11 is 0. The van der Waals surface area contributed by atoms with Crippen LogP contribution in [0, 0.1) is 0 Å². The predicted molar refractivity (Wildman–Crippen MR) is 131 cm³/mol. The van der Waals surface area contributed by atoms with Gasteiger partial charge >= 0.3 is 0 Å². The van der Waals surface area contributed by atoms with Crippen molar-refractivity contribution in [2.75, 3.05) is 26.4 Å². The van der Waals surface area contributed by atoms with Gasteiger partial charge in [-0.15, -0.1) is 0 Å². The number of fused-ring (bicyclic) bond motifs is 1. The van der Waals surface area contributed by atoms with Crippen molar-refractivity contribution >= 4 is 17.4 Å². The summed E-state index contributed by atoms with van der Waals surface area (Å²) in [5, 5.41) is 11.3. The van der Waals surface area contributed by atoms with E-state index >= 15 is 0 Å². The van der Waals surface area contributed by atoms with Gasteiger partial charge in [-0.05, 0) is 49.2 Å². The second kappa shape index (κ2) is 10.2. The molecule has 1 saturated heterocycles. The van der Waals surface area contributed by atoms with E-state index in [0.717, 1.165) is 0 Å². The van der Waals surface area contributed by atoms with Crippen LogP contribution in [0.5, 0.6) is 17.2 Å². The first-order chi connectivity index (χ1) is 17.6. The minimum Gasteiger partial charge on any atom is -0.507 e. The van der Waals surface area contributed by atoms with E-state index in [2.05, 4.69) is 4.98 Å². The molecule has 1 aromatic heterocycles. The number of benzene rings is 2. The van der Waals surface area contributed by atoms with Crippen LogP contribution in [0.4, 0.5) is 0 Å². The summed E-state index contributed by atoms with van der Waals surface area (Å²) in [5.41, 5.74) is 1.13. The summed E-state index contributed by atoms with van der Waals surface area (Å²) in [5.74, 6) is 0.132. The van der Waals surface area contributed by atoms with Crippen molar-refractivity contribution in [1.29, 1.82) is 0 Å². The quantitative estimate of drug-likeness (QED) is 0.293. The van der Waals surface area contributed by atoms with Crippen LogP contribution < -0.4 is 14.2 Å². The van der Waals surface area contributed by atoms with Gasteiger partial charge in [-0.1, -0.05) is 12.1 Å². The second-order valence-corrected chi connectivity index (χ2v) is 8.51. The lowest BCUT2D eigenvalue weighted by Crippen LogP contribution is -2.31. The molecule has 0 spiro atoms. The zero-order valence-corrected chi connectivity index (χ0v) is 19.9. The number of carbonyl (C=O) groups is 2. The van der Waals surface area contributed by atoms with Crippen molar-refractivity contribution in [3.8, 4) is 17.2 Å². The third-order valence-electron chi connectivity index (χ3n) is 6.24. The van der Waals surface area contributed by atoms with Crippen LogP contribution in [0.15, 0.2) is 66.8 Å². The van der Waals surface area contributed by atoms with E-state index in [1.165, 1.54) is 4.90 Å². The third-order valence-corrected chi connectivity index (χ3v) is 6.24. The van der Waals surface area contributed by atoms with Gasteiger partial charge in [0, 0.05) is 31.0 Å². The summed E-state index contributed by atoms with van der Waals surface area (Å²) in [6.07, 6.45) is 5.86. The molecule has 1 unspecified atom stereocenters. The molecule has 0 saturated carbocycles. The summed E-state index contributed by atoms with van der Waals surface area (Å²) in [7, 11) is 0. The van der Waals surface area contributed by atoms with Gasteiger partial charge in [0.05, 0.1) is 24.5 Å². The van der Waals surface area contributed by atoms with Gasteiger partial charge in [0.1, 0.15) is 24.7 Å². The molecular formula is C27H27N3O6. The maximum Gasteiger partial charge on any atom is 0.295 e. The molecular weight excluding hydrogens is 462 g/mol. The Morgan fingerprint density at radius 3 is 2.58 bits per heavy atom. The molecule has 36 heavy (non-hydrogen) atoms. The number of amides is 1. The minimum absolute atomic E-state index is 0.0449. The van der Waals surface area contributed by atoms with Crippen LogP contribution in [0.1, 0.15) is 30.5 Å². The van der Waals surface area contributed by atoms with Gasteiger partial charge in [-0.25, -0.2) is 4.98 Å². The van der Waals surface area contributed by atoms with Crippen molar-refractivity contribution in [1.82, 2.24) is 14.5 Å². The number of aryl methyl sites for hydroxylation is 1. The van der Waals surface area contributed by atoms with Crippen molar-refractivity contribution in [2.45, 2.75) is 25.9 Å². The zero-order valence-electron chi connectivity index (χ0n) is 19.9. The molecule has 5 rings (SSSR count). The highest BCUT2D eigenvalue weighted by Gasteiger charge is 2.45. The first kappa shape index (κ1) is 23.5. The standard InChI is InChI=1S/C27H27N3O6/c1-2-34-20-7-4-18(5-8-20)24-23(25(31)19-6-9-21-22(16-19)36-15-14-35-21)26(32)27(33)30(24)12-3-11-29-13-10-28-17-29/h4-10,13,16-17,24,31H,2-3,11-12,14-15H2,1H3/b25-23+. The molecule has 2 aromatic carbocycles. The second-order valence-electron chi connectivity index (χ2n) is 8.51. The molecule has 1 fully saturated rings. The van der Waals surface area contributed by atoms with Crippen LogP contribution in [0.2, 0.25) is 0 Å². The van der Waals surface area contributed by atoms with E-state index in [4.69, 9.17) is 14.2 Å². The van der Waals surface area contributed by atoms with Crippen molar-refractivity contribution < 1.29 is 28.9 Å². The normalized spacial score (nSPS) is 18.5. The Bertz CT molecular complexity index is 1280. The van der Waals surface area contributed by atoms with Crippen molar-refractivity contribution in [2.24, 2.45) is 0 Å². The molecule has 1 atom stereocenters. The number of aliphatic hydroxyl groups is 1. The molecule has 2 aliphatic heterocycles. The van der Waals surface area contributed by atoms with E-state index in [9.17, 15) is 14.7 Å². The number of hydrogen-bond donors (Lipinski definition) is 1. The first-order valence-corrected chi connectivity index (χ1v) is 11.9. The fraction of sp³-hybridized carbons (Fsp3) is 0.296. The van der Waals surface area contributed by atoms with E-state index < -0.39 is 17.7 Å². The Hall–Kier alpha value is -4.27. The highest BCUT2D eigenvalue weighted by Crippen LogP contribution is 2.41. The summed E-state index contributed by atoms with van der Waals surface area (Å²) in [6.45, 7) is 4.23.